The summed E-state index contributed by atoms with van der Waals surface area (Å²) in [6, 6.07) is 16.3. The molecule has 0 heterocycles. The molecule has 0 aliphatic rings. The van der Waals surface area contributed by atoms with E-state index >= 15 is 0 Å². The normalized spacial score (nSPS) is 11.4. The highest BCUT2D eigenvalue weighted by Gasteiger charge is 2.12. The summed E-state index contributed by atoms with van der Waals surface area (Å²) in [7, 11) is 0. The van der Waals surface area contributed by atoms with E-state index in [0.717, 1.165) is 12.0 Å². The number of ether oxygens (including phenoxy) is 2. The van der Waals surface area contributed by atoms with E-state index in [4.69, 9.17) is 14.7 Å². The van der Waals surface area contributed by atoms with E-state index in [2.05, 4.69) is 31.3 Å². The Balaban J connectivity index is 1.72. The first-order valence-corrected chi connectivity index (χ1v) is 9.54. The Hall–Kier alpha value is -3.33. The fraction of sp³-hybridized carbons (Fsp3) is 0.348. The Morgan fingerprint density at radius 1 is 1.00 bits per heavy atom. The fourth-order valence-electron chi connectivity index (χ4n) is 2.74. The van der Waals surface area contributed by atoms with Gasteiger partial charge in [-0.05, 0) is 54.7 Å². The van der Waals surface area contributed by atoms with Crippen LogP contribution in [0.5, 0.6) is 5.75 Å². The molecule has 0 bridgehead atoms. The van der Waals surface area contributed by atoms with Gasteiger partial charge in [0.25, 0.3) is 5.91 Å². The molecule has 1 atom stereocenters. The van der Waals surface area contributed by atoms with E-state index in [9.17, 15) is 9.59 Å². The molecule has 1 N–H and O–H groups in total. The molecule has 0 spiro atoms. The van der Waals surface area contributed by atoms with Crippen molar-refractivity contribution in [2.75, 3.05) is 13.2 Å². The second kappa shape index (κ2) is 10.9. The van der Waals surface area contributed by atoms with Crippen molar-refractivity contribution in [1.82, 2.24) is 5.32 Å². The minimum atomic E-state index is -0.643. The van der Waals surface area contributed by atoms with Crippen molar-refractivity contribution in [1.29, 1.82) is 5.26 Å². The van der Waals surface area contributed by atoms with Crippen LogP contribution in [0.15, 0.2) is 48.5 Å². The Kier molecular flexibility index (Phi) is 8.23. The van der Waals surface area contributed by atoms with E-state index in [1.54, 1.807) is 24.3 Å². The molecule has 0 unspecified atom stereocenters. The van der Waals surface area contributed by atoms with Gasteiger partial charge in [0.05, 0.1) is 17.7 Å². The highest BCUT2D eigenvalue weighted by atomic mass is 16.6. The highest BCUT2D eigenvalue weighted by Crippen LogP contribution is 2.15. The molecule has 0 saturated carbocycles. The zero-order valence-electron chi connectivity index (χ0n) is 17.0. The molecule has 1 amide bonds. The summed E-state index contributed by atoms with van der Waals surface area (Å²) in [6.07, 6.45) is 1.02. The smallest absolute Gasteiger partial charge is 0.344 e. The van der Waals surface area contributed by atoms with Gasteiger partial charge in [-0.2, -0.15) is 5.26 Å². The number of amides is 1. The topological polar surface area (TPSA) is 88.4 Å². The Morgan fingerprint density at radius 3 is 2.24 bits per heavy atom. The highest BCUT2D eigenvalue weighted by molar-refractivity contribution is 5.81. The molecule has 6 heteroatoms. The minimum absolute atomic E-state index is 0.191. The van der Waals surface area contributed by atoms with Crippen molar-refractivity contribution in [3.05, 3.63) is 65.2 Å². The number of esters is 1. The van der Waals surface area contributed by atoms with Crippen molar-refractivity contribution in [3.63, 3.8) is 0 Å². The van der Waals surface area contributed by atoms with Crippen LogP contribution in [-0.4, -0.2) is 25.1 Å². The third-order valence-electron chi connectivity index (χ3n) is 4.21. The quantitative estimate of drug-likeness (QED) is 0.657. The van der Waals surface area contributed by atoms with Gasteiger partial charge in [-0.15, -0.1) is 0 Å². The van der Waals surface area contributed by atoms with Gasteiger partial charge >= 0.3 is 5.97 Å². The van der Waals surface area contributed by atoms with Crippen LogP contribution < -0.4 is 10.1 Å². The third kappa shape index (κ3) is 7.67. The van der Waals surface area contributed by atoms with E-state index < -0.39 is 5.97 Å². The van der Waals surface area contributed by atoms with Gasteiger partial charge in [0.2, 0.25) is 0 Å². The standard InChI is InChI=1S/C23H26N2O4/c1-16(2)12-18-4-8-20(9-5-18)17(3)25-22(26)14-29-23(27)15-28-21-10-6-19(13-24)7-11-21/h4-11,16-17H,12,14-15H2,1-3H3,(H,25,26)/t17-/m1/s1. The van der Waals surface area contributed by atoms with Crippen LogP contribution in [0, 0.1) is 17.2 Å². The molecule has 0 aliphatic carbocycles. The molecule has 2 aromatic rings. The average molecular weight is 394 g/mol. The van der Waals surface area contributed by atoms with Gasteiger partial charge in [0.1, 0.15) is 5.75 Å². The van der Waals surface area contributed by atoms with Crippen molar-refractivity contribution in [2.45, 2.75) is 33.2 Å². The molecule has 6 nitrogen and oxygen atoms in total. The van der Waals surface area contributed by atoms with Crippen LogP contribution in [0.4, 0.5) is 0 Å². The molecule has 29 heavy (non-hydrogen) atoms. The summed E-state index contributed by atoms with van der Waals surface area (Å²) in [5.41, 5.74) is 2.75. The molecular weight excluding hydrogens is 368 g/mol. The molecule has 0 fully saturated rings. The Bertz CT molecular complexity index is 852. The fourth-order valence-corrected chi connectivity index (χ4v) is 2.74. The maximum atomic E-state index is 12.0. The van der Waals surface area contributed by atoms with Crippen LogP contribution in [0.2, 0.25) is 0 Å². The van der Waals surface area contributed by atoms with Gasteiger partial charge in [-0.1, -0.05) is 38.1 Å². The van der Waals surface area contributed by atoms with Crippen molar-refractivity contribution >= 4 is 11.9 Å². The van der Waals surface area contributed by atoms with Crippen LogP contribution in [0.25, 0.3) is 0 Å². The van der Waals surface area contributed by atoms with Gasteiger partial charge in [0, 0.05) is 0 Å². The number of carbonyl (C=O) groups excluding carboxylic acids is 2. The third-order valence-corrected chi connectivity index (χ3v) is 4.21. The number of benzene rings is 2. The van der Waals surface area contributed by atoms with Crippen LogP contribution in [0.1, 0.15) is 43.5 Å². The lowest BCUT2D eigenvalue weighted by atomic mass is 10.00. The second-order valence-electron chi connectivity index (χ2n) is 7.21. The SMILES string of the molecule is CC(C)Cc1ccc([C@@H](C)NC(=O)COC(=O)COc2ccc(C#N)cc2)cc1. The predicted molar refractivity (Wildman–Crippen MR) is 109 cm³/mol. The number of nitriles is 1. The first-order chi connectivity index (χ1) is 13.9. The van der Waals surface area contributed by atoms with Crippen LogP contribution in [0.3, 0.4) is 0 Å². The van der Waals surface area contributed by atoms with Crippen molar-refractivity contribution in [3.8, 4) is 11.8 Å². The number of rotatable bonds is 9. The van der Waals surface area contributed by atoms with E-state index in [1.807, 2.05) is 25.1 Å². The van der Waals surface area contributed by atoms with E-state index in [1.165, 1.54) is 5.56 Å². The van der Waals surface area contributed by atoms with Crippen LogP contribution in [-0.2, 0) is 20.7 Å². The summed E-state index contributed by atoms with van der Waals surface area (Å²) in [6.45, 7) is 5.55. The minimum Gasteiger partial charge on any atom is -0.482 e. The zero-order valence-corrected chi connectivity index (χ0v) is 17.0. The molecule has 0 saturated heterocycles. The van der Waals surface area contributed by atoms with Gasteiger partial charge < -0.3 is 14.8 Å². The molecule has 0 aromatic heterocycles. The molecule has 0 aliphatic heterocycles. The van der Waals surface area contributed by atoms with E-state index in [-0.39, 0.29) is 25.2 Å². The summed E-state index contributed by atoms with van der Waals surface area (Å²) in [5.74, 6) is 0.0131. The maximum Gasteiger partial charge on any atom is 0.344 e. The van der Waals surface area contributed by atoms with Gasteiger partial charge in [0.15, 0.2) is 13.2 Å². The lowest BCUT2D eigenvalue weighted by Crippen LogP contribution is -2.31. The monoisotopic (exact) mass is 394 g/mol. The first-order valence-electron chi connectivity index (χ1n) is 9.54. The molecule has 152 valence electrons. The maximum absolute atomic E-state index is 12.0. The average Bonchev–Trinajstić information content (AvgIpc) is 2.71. The molecule has 2 rings (SSSR count). The van der Waals surface area contributed by atoms with Gasteiger partial charge in [-0.25, -0.2) is 4.79 Å². The summed E-state index contributed by atoms with van der Waals surface area (Å²) in [5, 5.41) is 11.6. The predicted octanol–water partition coefficient (Wildman–Crippen LogP) is 3.56. The number of nitrogens with zero attached hydrogens (tertiary/aromatic N) is 1. The number of hydrogen-bond donors (Lipinski definition) is 1. The van der Waals surface area contributed by atoms with Gasteiger partial charge in [-0.3, -0.25) is 4.79 Å². The summed E-state index contributed by atoms with van der Waals surface area (Å²) >= 11 is 0. The van der Waals surface area contributed by atoms with E-state index in [0.29, 0.717) is 17.2 Å². The van der Waals surface area contributed by atoms with Crippen molar-refractivity contribution < 1.29 is 19.1 Å². The van der Waals surface area contributed by atoms with Crippen molar-refractivity contribution in [2.24, 2.45) is 5.92 Å². The Labute approximate surface area is 171 Å². The molecular formula is C23H26N2O4. The zero-order chi connectivity index (χ0) is 21.2. The Morgan fingerprint density at radius 2 is 1.66 bits per heavy atom. The molecule has 0 radical (unpaired) electrons. The first kappa shape index (κ1) is 22.0. The second-order valence-corrected chi connectivity index (χ2v) is 7.21. The summed E-state index contributed by atoms with van der Waals surface area (Å²) in [4.78, 5) is 23.8. The number of carbonyl (C=O) groups is 2. The van der Waals surface area contributed by atoms with Crippen LogP contribution >= 0.6 is 0 Å². The largest absolute Gasteiger partial charge is 0.482 e. The number of hydrogen-bond acceptors (Lipinski definition) is 5. The summed E-state index contributed by atoms with van der Waals surface area (Å²) < 4.78 is 10.2. The number of nitrogens with one attached hydrogen (secondary N) is 1. The molecule has 2 aromatic carbocycles. The lowest BCUT2D eigenvalue weighted by Gasteiger charge is -2.15. The lowest BCUT2D eigenvalue weighted by molar-refractivity contribution is -0.150.